The molecule has 0 aromatic heterocycles. The van der Waals surface area contributed by atoms with Gasteiger partial charge >= 0.3 is 0 Å². The average molecular weight is 254 g/mol. The van der Waals surface area contributed by atoms with Crippen LogP contribution in [0.25, 0.3) is 0 Å². The molecule has 0 radical (unpaired) electrons. The van der Waals surface area contributed by atoms with Gasteiger partial charge in [0.1, 0.15) is 0 Å². The topological polar surface area (TPSA) is 29.5 Å². The lowest BCUT2D eigenvalue weighted by atomic mass is 9.77. The molecule has 18 heavy (non-hydrogen) atoms. The SMILES string of the molecule is CCC1CCC(C(O)CCC2CCCCO2)CC1. The molecule has 2 aliphatic rings. The van der Waals surface area contributed by atoms with Crippen LogP contribution in [0.15, 0.2) is 0 Å². The fourth-order valence-corrected chi connectivity index (χ4v) is 3.61. The monoisotopic (exact) mass is 254 g/mol. The highest BCUT2D eigenvalue weighted by atomic mass is 16.5. The third kappa shape index (κ3) is 4.24. The zero-order chi connectivity index (χ0) is 12.8. The minimum atomic E-state index is -0.0756. The van der Waals surface area contributed by atoms with Crippen LogP contribution in [0.1, 0.15) is 71.1 Å². The van der Waals surface area contributed by atoms with Crippen molar-refractivity contribution in [2.45, 2.75) is 83.3 Å². The summed E-state index contributed by atoms with van der Waals surface area (Å²) in [5.74, 6) is 1.49. The highest BCUT2D eigenvalue weighted by Crippen LogP contribution is 2.34. The van der Waals surface area contributed by atoms with Crippen LogP contribution in [0.5, 0.6) is 0 Å². The van der Waals surface area contributed by atoms with E-state index < -0.39 is 0 Å². The Morgan fingerprint density at radius 3 is 2.50 bits per heavy atom. The second-order valence-electron chi connectivity index (χ2n) is 6.32. The Kier molecular flexibility index (Phi) is 5.97. The van der Waals surface area contributed by atoms with E-state index in [0.29, 0.717) is 12.0 Å². The van der Waals surface area contributed by atoms with E-state index in [2.05, 4.69) is 6.92 Å². The maximum absolute atomic E-state index is 10.3. The second kappa shape index (κ2) is 7.49. The van der Waals surface area contributed by atoms with Gasteiger partial charge in [-0.2, -0.15) is 0 Å². The van der Waals surface area contributed by atoms with Gasteiger partial charge in [0, 0.05) is 6.61 Å². The largest absolute Gasteiger partial charge is 0.393 e. The summed E-state index contributed by atoms with van der Waals surface area (Å²) in [5.41, 5.74) is 0. The van der Waals surface area contributed by atoms with Gasteiger partial charge in [-0.05, 0) is 56.8 Å². The lowest BCUT2D eigenvalue weighted by Crippen LogP contribution is -2.28. The van der Waals surface area contributed by atoms with Crippen LogP contribution >= 0.6 is 0 Å². The predicted molar refractivity (Wildman–Crippen MR) is 74.6 cm³/mol. The van der Waals surface area contributed by atoms with Crippen LogP contribution in [0.4, 0.5) is 0 Å². The second-order valence-corrected chi connectivity index (χ2v) is 6.32. The molecule has 0 aromatic carbocycles. The number of hydrogen-bond acceptors (Lipinski definition) is 2. The van der Waals surface area contributed by atoms with Crippen molar-refractivity contribution in [3.8, 4) is 0 Å². The number of rotatable bonds is 5. The molecule has 1 aliphatic heterocycles. The summed E-state index contributed by atoms with van der Waals surface area (Å²) in [6, 6.07) is 0. The van der Waals surface area contributed by atoms with E-state index in [1.165, 1.54) is 51.4 Å². The first-order valence-corrected chi connectivity index (χ1v) is 8.09. The molecule has 1 saturated heterocycles. The first-order chi connectivity index (χ1) is 8.79. The lowest BCUT2D eigenvalue weighted by molar-refractivity contribution is -0.00677. The quantitative estimate of drug-likeness (QED) is 0.806. The van der Waals surface area contributed by atoms with E-state index in [-0.39, 0.29) is 6.10 Å². The Bertz CT molecular complexity index is 215. The zero-order valence-electron chi connectivity index (χ0n) is 11.9. The van der Waals surface area contributed by atoms with Crippen molar-refractivity contribution in [3.63, 3.8) is 0 Å². The molecule has 1 aliphatic carbocycles. The van der Waals surface area contributed by atoms with Gasteiger partial charge in [0.2, 0.25) is 0 Å². The van der Waals surface area contributed by atoms with Gasteiger partial charge in [0.15, 0.2) is 0 Å². The molecule has 2 atom stereocenters. The Labute approximate surface area is 112 Å². The van der Waals surface area contributed by atoms with Crippen LogP contribution in [-0.2, 0) is 4.74 Å². The molecule has 2 rings (SSSR count). The van der Waals surface area contributed by atoms with Crippen LogP contribution in [0.3, 0.4) is 0 Å². The summed E-state index contributed by atoms with van der Waals surface area (Å²) in [4.78, 5) is 0. The van der Waals surface area contributed by atoms with Crippen LogP contribution in [0.2, 0.25) is 0 Å². The smallest absolute Gasteiger partial charge is 0.0576 e. The fraction of sp³-hybridized carbons (Fsp3) is 1.00. The van der Waals surface area contributed by atoms with Crippen molar-refractivity contribution in [1.82, 2.24) is 0 Å². The molecular formula is C16H30O2. The minimum Gasteiger partial charge on any atom is -0.393 e. The summed E-state index contributed by atoms with van der Waals surface area (Å²) in [6.45, 7) is 3.23. The van der Waals surface area contributed by atoms with E-state index in [1.807, 2.05) is 0 Å². The normalized spacial score (nSPS) is 35.3. The van der Waals surface area contributed by atoms with E-state index in [4.69, 9.17) is 4.74 Å². The van der Waals surface area contributed by atoms with Crippen molar-refractivity contribution in [3.05, 3.63) is 0 Å². The Hall–Kier alpha value is -0.0800. The maximum atomic E-state index is 10.3. The van der Waals surface area contributed by atoms with Gasteiger partial charge in [0.05, 0.1) is 12.2 Å². The van der Waals surface area contributed by atoms with Crippen molar-refractivity contribution in [1.29, 1.82) is 0 Å². The van der Waals surface area contributed by atoms with Crippen molar-refractivity contribution >= 4 is 0 Å². The number of aliphatic hydroxyl groups is 1. The summed E-state index contributed by atoms with van der Waals surface area (Å²) in [6.07, 6.45) is 12.6. The van der Waals surface area contributed by atoms with Gasteiger partial charge in [-0.1, -0.05) is 26.2 Å². The molecule has 106 valence electrons. The minimum absolute atomic E-state index is 0.0756. The van der Waals surface area contributed by atoms with Crippen LogP contribution in [0, 0.1) is 11.8 Å². The van der Waals surface area contributed by atoms with Crippen molar-refractivity contribution < 1.29 is 9.84 Å². The highest BCUT2D eigenvalue weighted by molar-refractivity contribution is 4.78. The van der Waals surface area contributed by atoms with E-state index in [9.17, 15) is 5.11 Å². The third-order valence-electron chi connectivity index (χ3n) is 5.07. The molecule has 0 bridgehead atoms. The summed E-state index contributed by atoms with van der Waals surface area (Å²) in [5, 5.41) is 10.3. The highest BCUT2D eigenvalue weighted by Gasteiger charge is 2.26. The standard InChI is InChI=1S/C16H30O2/c1-2-13-6-8-14(9-7-13)16(17)11-10-15-5-3-4-12-18-15/h13-17H,2-12H2,1H3. The summed E-state index contributed by atoms with van der Waals surface area (Å²) >= 11 is 0. The summed E-state index contributed by atoms with van der Waals surface area (Å²) < 4.78 is 5.74. The number of aliphatic hydroxyl groups excluding tert-OH is 1. The molecule has 2 fully saturated rings. The first-order valence-electron chi connectivity index (χ1n) is 8.09. The molecule has 1 saturated carbocycles. The maximum Gasteiger partial charge on any atom is 0.0576 e. The van der Waals surface area contributed by atoms with Crippen molar-refractivity contribution in [2.24, 2.45) is 11.8 Å². The molecule has 0 aromatic rings. The molecule has 2 unspecified atom stereocenters. The lowest BCUT2D eigenvalue weighted by Gasteiger charge is -2.32. The molecule has 2 heteroatoms. The molecule has 0 amide bonds. The van der Waals surface area contributed by atoms with Crippen LogP contribution in [-0.4, -0.2) is 23.9 Å². The number of hydrogen-bond donors (Lipinski definition) is 1. The van der Waals surface area contributed by atoms with Gasteiger partial charge in [-0.25, -0.2) is 0 Å². The van der Waals surface area contributed by atoms with Crippen LogP contribution < -0.4 is 0 Å². The third-order valence-corrected chi connectivity index (χ3v) is 5.07. The summed E-state index contributed by atoms with van der Waals surface area (Å²) in [7, 11) is 0. The van der Waals surface area contributed by atoms with Gasteiger partial charge in [0.25, 0.3) is 0 Å². The zero-order valence-corrected chi connectivity index (χ0v) is 11.9. The first kappa shape index (κ1) is 14.3. The molecule has 2 nitrogen and oxygen atoms in total. The average Bonchev–Trinajstić information content (AvgIpc) is 2.46. The van der Waals surface area contributed by atoms with Gasteiger partial charge in [-0.3, -0.25) is 0 Å². The van der Waals surface area contributed by atoms with Gasteiger partial charge in [-0.15, -0.1) is 0 Å². The molecular weight excluding hydrogens is 224 g/mol. The van der Waals surface area contributed by atoms with E-state index >= 15 is 0 Å². The predicted octanol–water partition coefficient (Wildman–Crippen LogP) is 3.91. The molecule has 1 heterocycles. The number of ether oxygens (including phenoxy) is 1. The van der Waals surface area contributed by atoms with E-state index in [0.717, 1.165) is 25.4 Å². The fourth-order valence-electron chi connectivity index (χ4n) is 3.61. The molecule has 1 N–H and O–H groups in total. The Morgan fingerprint density at radius 2 is 1.89 bits per heavy atom. The Balaban J connectivity index is 1.63. The van der Waals surface area contributed by atoms with Gasteiger partial charge < -0.3 is 9.84 Å². The molecule has 0 spiro atoms. The van der Waals surface area contributed by atoms with E-state index in [1.54, 1.807) is 0 Å². The van der Waals surface area contributed by atoms with Crippen molar-refractivity contribution in [2.75, 3.05) is 6.61 Å². The Morgan fingerprint density at radius 1 is 1.11 bits per heavy atom.